The average Bonchev–Trinajstić information content (AvgIpc) is 3.31. The molecular weight excluding hydrogens is 344 g/mol. The van der Waals surface area contributed by atoms with Crippen molar-refractivity contribution in [1.29, 1.82) is 0 Å². The quantitative estimate of drug-likeness (QED) is 0.708. The number of rotatable bonds is 8. The molecule has 1 atom stereocenters. The number of hydrogen-bond acceptors (Lipinski definition) is 4. The summed E-state index contributed by atoms with van der Waals surface area (Å²) in [4.78, 5) is 18.2. The van der Waals surface area contributed by atoms with Gasteiger partial charge in [-0.2, -0.15) is 0 Å². The predicted octanol–water partition coefficient (Wildman–Crippen LogP) is 3.70. The smallest absolute Gasteiger partial charge is 0.236 e. The van der Waals surface area contributed by atoms with Crippen LogP contribution in [-0.2, 0) is 22.6 Å². The second kappa shape index (κ2) is 9.31. The van der Waals surface area contributed by atoms with Crippen LogP contribution in [0.25, 0.3) is 0 Å². The number of ether oxygens (including phenoxy) is 1. The van der Waals surface area contributed by atoms with Crippen molar-refractivity contribution in [1.82, 2.24) is 9.80 Å². The Morgan fingerprint density at radius 1 is 1.23 bits per heavy atom. The first kappa shape index (κ1) is 19.1. The highest BCUT2D eigenvalue weighted by molar-refractivity contribution is 7.09. The summed E-state index contributed by atoms with van der Waals surface area (Å²) in [6, 6.07) is 12.4. The van der Waals surface area contributed by atoms with E-state index in [1.165, 1.54) is 16.0 Å². The number of benzene rings is 1. The van der Waals surface area contributed by atoms with Crippen molar-refractivity contribution in [3.05, 3.63) is 57.8 Å². The maximum Gasteiger partial charge on any atom is 0.236 e. The third kappa shape index (κ3) is 5.40. The van der Waals surface area contributed by atoms with Gasteiger partial charge in [0.05, 0.1) is 12.6 Å². The largest absolute Gasteiger partial charge is 0.377 e. The number of nitrogens with zero attached hydrogens (tertiary/aromatic N) is 2. The number of hydrogen-bond donors (Lipinski definition) is 0. The Hall–Kier alpha value is -1.69. The summed E-state index contributed by atoms with van der Waals surface area (Å²) >= 11 is 1.74. The van der Waals surface area contributed by atoms with E-state index in [1.54, 1.807) is 11.3 Å². The van der Waals surface area contributed by atoms with Gasteiger partial charge in [0.25, 0.3) is 0 Å². The minimum Gasteiger partial charge on any atom is -0.377 e. The van der Waals surface area contributed by atoms with Crippen LogP contribution < -0.4 is 0 Å². The molecule has 140 valence electrons. The minimum absolute atomic E-state index is 0.155. The molecule has 1 aromatic heterocycles. The van der Waals surface area contributed by atoms with Crippen LogP contribution in [-0.4, -0.2) is 48.6 Å². The van der Waals surface area contributed by atoms with Crippen molar-refractivity contribution in [2.45, 2.75) is 39.0 Å². The molecule has 3 rings (SSSR count). The summed E-state index contributed by atoms with van der Waals surface area (Å²) in [7, 11) is 1.89. The van der Waals surface area contributed by atoms with E-state index < -0.39 is 0 Å². The Morgan fingerprint density at radius 3 is 2.77 bits per heavy atom. The van der Waals surface area contributed by atoms with E-state index in [0.29, 0.717) is 13.1 Å². The Morgan fingerprint density at radius 2 is 2.08 bits per heavy atom. The highest BCUT2D eigenvalue weighted by Crippen LogP contribution is 2.17. The molecule has 1 aliphatic heterocycles. The van der Waals surface area contributed by atoms with Gasteiger partial charge in [0.15, 0.2) is 0 Å². The second-order valence-electron chi connectivity index (χ2n) is 7.06. The molecule has 0 radical (unpaired) electrons. The van der Waals surface area contributed by atoms with Crippen LogP contribution in [0.1, 0.15) is 28.8 Å². The predicted molar refractivity (Wildman–Crippen MR) is 106 cm³/mol. The molecule has 0 aliphatic carbocycles. The fourth-order valence-electron chi connectivity index (χ4n) is 3.33. The molecule has 2 aromatic rings. The third-order valence-corrected chi connectivity index (χ3v) is 5.76. The van der Waals surface area contributed by atoms with Crippen molar-refractivity contribution in [3.8, 4) is 0 Å². The zero-order valence-electron chi connectivity index (χ0n) is 15.7. The summed E-state index contributed by atoms with van der Waals surface area (Å²) in [6.07, 6.45) is 2.47. The van der Waals surface area contributed by atoms with Crippen LogP contribution >= 0.6 is 11.3 Å². The highest BCUT2D eigenvalue weighted by atomic mass is 32.1. The maximum atomic E-state index is 12.8. The topological polar surface area (TPSA) is 32.8 Å². The van der Waals surface area contributed by atoms with Gasteiger partial charge in [-0.15, -0.1) is 11.3 Å². The lowest BCUT2D eigenvalue weighted by Gasteiger charge is -2.27. The lowest BCUT2D eigenvalue weighted by molar-refractivity contribution is -0.132. The van der Waals surface area contributed by atoms with Gasteiger partial charge in [-0.3, -0.25) is 9.69 Å². The third-order valence-electron chi connectivity index (χ3n) is 4.90. The molecule has 1 amide bonds. The molecule has 1 aromatic carbocycles. The van der Waals surface area contributed by atoms with Gasteiger partial charge < -0.3 is 9.64 Å². The molecule has 4 nitrogen and oxygen atoms in total. The molecule has 1 unspecified atom stereocenters. The van der Waals surface area contributed by atoms with E-state index in [1.807, 2.05) is 24.1 Å². The van der Waals surface area contributed by atoms with Gasteiger partial charge in [0.2, 0.25) is 5.91 Å². The van der Waals surface area contributed by atoms with Gasteiger partial charge in [-0.25, -0.2) is 0 Å². The minimum atomic E-state index is 0.155. The highest BCUT2D eigenvalue weighted by Gasteiger charge is 2.22. The summed E-state index contributed by atoms with van der Waals surface area (Å²) in [6.45, 7) is 5.65. The summed E-state index contributed by atoms with van der Waals surface area (Å²) in [5, 5.41) is 2.09. The van der Waals surface area contributed by atoms with E-state index in [0.717, 1.165) is 32.5 Å². The molecule has 1 aliphatic rings. The first-order valence-corrected chi connectivity index (χ1v) is 10.1. The van der Waals surface area contributed by atoms with E-state index >= 15 is 0 Å². The molecule has 2 heterocycles. The summed E-state index contributed by atoms with van der Waals surface area (Å²) in [5.74, 6) is 0.155. The first-order chi connectivity index (χ1) is 12.6. The maximum absolute atomic E-state index is 12.8. The van der Waals surface area contributed by atoms with Crippen molar-refractivity contribution >= 4 is 17.2 Å². The van der Waals surface area contributed by atoms with Crippen molar-refractivity contribution in [3.63, 3.8) is 0 Å². The molecular formula is C21H28N2O2S. The zero-order chi connectivity index (χ0) is 18.4. The molecule has 1 fully saturated rings. The second-order valence-corrected chi connectivity index (χ2v) is 8.09. The molecule has 0 N–H and O–H groups in total. The summed E-state index contributed by atoms with van der Waals surface area (Å²) in [5.41, 5.74) is 2.43. The van der Waals surface area contributed by atoms with Gasteiger partial charge in [0, 0.05) is 38.2 Å². The Bertz CT molecular complexity index is 696. The average molecular weight is 373 g/mol. The Kier molecular flexibility index (Phi) is 6.83. The SMILES string of the molecule is Cc1ccccc1CN(C)C(=O)CN(Cc1cccs1)CC1CCCO1. The van der Waals surface area contributed by atoms with Gasteiger partial charge in [-0.1, -0.05) is 30.3 Å². The molecule has 1 saturated heterocycles. The molecule has 0 spiro atoms. The number of likely N-dealkylation sites (N-methyl/N-ethyl adjacent to an activating group) is 1. The van der Waals surface area contributed by atoms with Gasteiger partial charge in [0.1, 0.15) is 0 Å². The zero-order valence-corrected chi connectivity index (χ0v) is 16.5. The standard InChI is InChI=1S/C21H28N2O2S/c1-17-7-3-4-8-18(17)13-22(2)21(24)16-23(14-19-9-5-11-25-19)15-20-10-6-12-26-20/h3-4,6-8,10,12,19H,5,9,11,13-16H2,1-2H3. The Labute approximate surface area is 160 Å². The lowest BCUT2D eigenvalue weighted by atomic mass is 10.1. The number of amides is 1. The van der Waals surface area contributed by atoms with E-state index in [9.17, 15) is 4.79 Å². The molecule has 0 bridgehead atoms. The number of carbonyl (C=O) groups is 1. The molecule has 5 heteroatoms. The van der Waals surface area contributed by atoms with E-state index in [-0.39, 0.29) is 12.0 Å². The number of carbonyl (C=O) groups excluding carboxylic acids is 1. The van der Waals surface area contributed by atoms with Gasteiger partial charge in [-0.05, 0) is 42.3 Å². The fourth-order valence-corrected chi connectivity index (χ4v) is 4.07. The Balaban J connectivity index is 1.60. The van der Waals surface area contributed by atoms with Crippen LogP contribution in [0.2, 0.25) is 0 Å². The van der Waals surface area contributed by atoms with Crippen LogP contribution in [0, 0.1) is 6.92 Å². The summed E-state index contributed by atoms with van der Waals surface area (Å²) < 4.78 is 5.79. The number of thiophene rings is 1. The van der Waals surface area contributed by atoms with E-state index in [4.69, 9.17) is 4.74 Å². The van der Waals surface area contributed by atoms with Crippen molar-refractivity contribution in [2.24, 2.45) is 0 Å². The van der Waals surface area contributed by atoms with Crippen LogP contribution in [0.5, 0.6) is 0 Å². The van der Waals surface area contributed by atoms with Crippen LogP contribution in [0.4, 0.5) is 0 Å². The molecule has 0 saturated carbocycles. The first-order valence-electron chi connectivity index (χ1n) is 9.26. The van der Waals surface area contributed by atoms with E-state index in [2.05, 4.69) is 41.5 Å². The van der Waals surface area contributed by atoms with Crippen LogP contribution in [0.15, 0.2) is 41.8 Å². The van der Waals surface area contributed by atoms with Crippen molar-refractivity contribution < 1.29 is 9.53 Å². The lowest BCUT2D eigenvalue weighted by Crippen LogP contribution is -2.41. The van der Waals surface area contributed by atoms with Gasteiger partial charge >= 0.3 is 0 Å². The van der Waals surface area contributed by atoms with Crippen LogP contribution in [0.3, 0.4) is 0 Å². The molecule has 26 heavy (non-hydrogen) atoms. The fraction of sp³-hybridized carbons (Fsp3) is 0.476. The normalized spacial score (nSPS) is 17.0. The van der Waals surface area contributed by atoms with Crippen molar-refractivity contribution in [2.75, 3.05) is 26.7 Å². The number of aryl methyl sites for hydroxylation is 1. The monoisotopic (exact) mass is 372 g/mol.